The molecule has 5 rings (SSSR count). The molecule has 2 bridgehead atoms. The van der Waals surface area contributed by atoms with Gasteiger partial charge in [0.25, 0.3) is 5.56 Å². The van der Waals surface area contributed by atoms with Crippen molar-refractivity contribution in [2.75, 3.05) is 26.2 Å². The fraction of sp³-hybridized carbons (Fsp3) is 0.609. The summed E-state index contributed by atoms with van der Waals surface area (Å²) in [5.74, 6) is 0.827. The van der Waals surface area contributed by atoms with Crippen molar-refractivity contribution in [2.45, 2.75) is 57.7 Å². The van der Waals surface area contributed by atoms with Crippen molar-refractivity contribution in [1.29, 1.82) is 0 Å². The Morgan fingerprint density at radius 2 is 1.97 bits per heavy atom. The number of hydrogen-bond donors (Lipinski definition) is 0. The summed E-state index contributed by atoms with van der Waals surface area (Å²) in [7, 11) is 0. The Morgan fingerprint density at radius 3 is 2.77 bits per heavy atom. The van der Waals surface area contributed by atoms with Crippen LogP contribution in [0.1, 0.15) is 49.3 Å². The minimum Gasteiger partial charge on any atom is -0.342 e. The van der Waals surface area contributed by atoms with E-state index in [0.717, 1.165) is 56.9 Å². The molecule has 0 N–H and O–H groups in total. The lowest BCUT2D eigenvalue weighted by atomic mass is 9.83. The zero-order chi connectivity index (χ0) is 20.5. The van der Waals surface area contributed by atoms with E-state index in [2.05, 4.69) is 16.1 Å². The van der Waals surface area contributed by atoms with Crippen LogP contribution >= 0.6 is 0 Å². The molecule has 0 radical (unpaired) electrons. The van der Waals surface area contributed by atoms with Gasteiger partial charge in [0.1, 0.15) is 0 Å². The van der Waals surface area contributed by atoms with Gasteiger partial charge in [-0.2, -0.15) is 5.10 Å². The predicted octanol–water partition coefficient (Wildman–Crippen LogP) is 2.07. The van der Waals surface area contributed by atoms with Gasteiger partial charge in [-0.1, -0.05) is 12.5 Å². The van der Waals surface area contributed by atoms with Crippen LogP contribution in [0.25, 0.3) is 0 Å². The van der Waals surface area contributed by atoms with Crippen LogP contribution in [0, 0.1) is 5.92 Å². The minimum atomic E-state index is 0.186. The Bertz CT molecular complexity index is 945. The van der Waals surface area contributed by atoms with E-state index in [1.807, 2.05) is 27.8 Å². The van der Waals surface area contributed by atoms with E-state index in [1.165, 1.54) is 19.3 Å². The summed E-state index contributed by atoms with van der Waals surface area (Å²) < 4.78 is 3.82. The van der Waals surface area contributed by atoms with Crippen LogP contribution < -0.4 is 5.56 Å². The number of aryl methyl sites for hydroxylation is 1. The minimum absolute atomic E-state index is 0.186. The molecule has 5 heterocycles. The molecule has 2 saturated heterocycles. The highest BCUT2D eigenvalue weighted by molar-refractivity contribution is 5.76. The van der Waals surface area contributed by atoms with E-state index in [9.17, 15) is 9.59 Å². The number of amides is 1. The summed E-state index contributed by atoms with van der Waals surface area (Å²) in [6, 6.07) is 6.07. The standard InChI is InChI=1S/C23H31N5O2/c29-22(7-12-27-11-4-8-24-27)26-14-18-13-20(17-26)21-6-5-19(23(30)28(21)15-18)16-25-9-2-1-3-10-25/h4-6,8,11,18,20H,1-3,7,9-10,12-17H2/t18-,20+/m0/s1. The summed E-state index contributed by atoms with van der Waals surface area (Å²) in [6.45, 7) is 5.81. The molecular formula is C23H31N5O2. The third-order valence-electron chi connectivity index (χ3n) is 6.99. The first kappa shape index (κ1) is 19.5. The number of rotatable bonds is 5. The molecule has 2 fully saturated rings. The molecule has 30 heavy (non-hydrogen) atoms. The maximum absolute atomic E-state index is 13.2. The Morgan fingerprint density at radius 1 is 1.10 bits per heavy atom. The molecule has 2 aromatic heterocycles. The van der Waals surface area contributed by atoms with Gasteiger partial charge in [-0.25, -0.2) is 0 Å². The van der Waals surface area contributed by atoms with Crippen molar-refractivity contribution >= 4 is 5.91 Å². The van der Waals surface area contributed by atoms with E-state index < -0.39 is 0 Å². The lowest BCUT2D eigenvalue weighted by Crippen LogP contribution is -2.49. The molecule has 0 aromatic carbocycles. The van der Waals surface area contributed by atoms with Gasteiger partial charge in [-0.3, -0.25) is 19.2 Å². The van der Waals surface area contributed by atoms with E-state index in [4.69, 9.17) is 0 Å². The highest BCUT2D eigenvalue weighted by Crippen LogP contribution is 2.35. The largest absolute Gasteiger partial charge is 0.342 e. The lowest BCUT2D eigenvalue weighted by Gasteiger charge is -2.43. The molecule has 0 unspecified atom stereocenters. The third kappa shape index (κ3) is 3.95. The number of fused-ring (bicyclic) bond motifs is 4. The molecular weight excluding hydrogens is 378 g/mol. The van der Waals surface area contributed by atoms with Gasteiger partial charge in [0.15, 0.2) is 0 Å². The number of nitrogens with zero attached hydrogens (tertiary/aromatic N) is 5. The zero-order valence-electron chi connectivity index (χ0n) is 17.6. The maximum atomic E-state index is 13.2. The van der Waals surface area contributed by atoms with Gasteiger partial charge in [0, 0.05) is 68.7 Å². The molecule has 1 amide bonds. The average molecular weight is 410 g/mol. The molecule has 2 atom stereocenters. The topological polar surface area (TPSA) is 63.4 Å². The van der Waals surface area contributed by atoms with Crippen LogP contribution in [0.3, 0.4) is 0 Å². The highest BCUT2D eigenvalue weighted by Gasteiger charge is 2.36. The summed E-state index contributed by atoms with van der Waals surface area (Å²) in [6.07, 6.45) is 8.96. The molecule has 7 heteroatoms. The Hall–Kier alpha value is -2.41. The smallest absolute Gasteiger partial charge is 0.255 e. The Kier molecular flexibility index (Phi) is 5.46. The van der Waals surface area contributed by atoms with Gasteiger partial charge < -0.3 is 9.47 Å². The average Bonchev–Trinajstić information content (AvgIpc) is 3.29. The van der Waals surface area contributed by atoms with Crippen molar-refractivity contribution in [2.24, 2.45) is 5.92 Å². The molecule has 0 saturated carbocycles. The van der Waals surface area contributed by atoms with E-state index in [0.29, 0.717) is 18.9 Å². The van der Waals surface area contributed by atoms with Crippen LogP contribution in [0.4, 0.5) is 0 Å². The van der Waals surface area contributed by atoms with E-state index >= 15 is 0 Å². The first-order valence-corrected chi connectivity index (χ1v) is 11.4. The summed E-state index contributed by atoms with van der Waals surface area (Å²) in [5, 5.41) is 4.18. The first-order chi connectivity index (χ1) is 14.7. The SMILES string of the molecule is O=C(CCn1cccn1)N1C[C@@H]2C[C@H](C1)c1ccc(CN3CCCCC3)c(=O)n1C2. The number of hydrogen-bond acceptors (Lipinski definition) is 4. The molecule has 2 aromatic rings. The van der Waals surface area contributed by atoms with Gasteiger partial charge in [0.05, 0.1) is 0 Å². The highest BCUT2D eigenvalue weighted by atomic mass is 16.2. The summed E-state index contributed by atoms with van der Waals surface area (Å²) in [5.41, 5.74) is 2.22. The second kappa shape index (κ2) is 8.38. The van der Waals surface area contributed by atoms with Crippen LogP contribution in [0.2, 0.25) is 0 Å². The van der Waals surface area contributed by atoms with Crippen molar-refractivity contribution in [3.63, 3.8) is 0 Å². The Balaban J connectivity index is 1.28. The molecule has 0 spiro atoms. The van der Waals surface area contributed by atoms with E-state index in [1.54, 1.807) is 10.9 Å². The fourth-order valence-corrected chi connectivity index (χ4v) is 5.47. The van der Waals surface area contributed by atoms with Crippen LogP contribution in [-0.4, -0.2) is 56.2 Å². The number of aromatic nitrogens is 3. The zero-order valence-corrected chi connectivity index (χ0v) is 17.6. The van der Waals surface area contributed by atoms with Crippen molar-refractivity contribution in [1.82, 2.24) is 24.1 Å². The molecule has 3 aliphatic heterocycles. The summed E-state index contributed by atoms with van der Waals surface area (Å²) in [4.78, 5) is 30.4. The second-order valence-corrected chi connectivity index (χ2v) is 9.15. The van der Waals surface area contributed by atoms with Gasteiger partial charge in [-0.15, -0.1) is 0 Å². The van der Waals surface area contributed by atoms with Crippen molar-refractivity contribution < 1.29 is 4.79 Å². The number of pyridine rings is 1. The molecule has 160 valence electrons. The monoisotopic (exact) mass is 409 g/mol. The Labute approximate surface area is 177 Å². The first-order valence-electron chi connectivity index (χ1n) is 11.4. The quantitative estimate of drug-likeness (QED) is 0.758. The normalized spacial score (nSPS) is 23.9. The molecule has 3 aliphatic rings. The van der Waals surface area contributed by atoms with Crippen LogP contribution in [0.15, 0.2) is 35.4 Å². The third-order valence-corrected chi connectivity index (χ3v) is 6.99. The van der Waals surface area contributed by atoms with Crippen LogP contribution in [-0.2, 0) is 24.4 Å². The van der Waals surface area contributed by atoms with Crippen LogP contribution in [0.5, 0.6) is 0 Å². The van der Waals surface area contributed by atoms with E-state index in [-0.39, 0.29) is 17.4 Å². The lowest BCUT2D eigenvalue weighted by molar-refractivity contribution is -0.134. The van der Waals surface area contributed by atoms with Gasteiger partial charge >= 0.3 is 0 Å². The number of carbonyl (C=O) groups excluding carboxylic acids is 1. The second-order valence-electron chi connectivity index (χ2n) is 9.15. The fourth-order valence-electron chi connectivity index (χ4n) is 5.47. The maximum Gasteiger partial charge on any atom is 0.255 e. The number of piperidine rings is 2. The van der Waals surface area contributed by atoms with Crippen molar-refractivity contribution in [3.8, 4) is 0 Å². The number of carbonyl (C=O) groups is 1. The predicted molar refractivity (Wildman–Crippen MR) is 114 cm³/mol. The van der Waals surface area contributed by atoms with Gasteiger partial charge in [0.2, 0.25) is 5.91 Å². The summed E-state index contributed by atoms with van der Waals surface area (Å²) >= 11 is 0. The molecule has 7 nitrogen and oxygen atoms in total. The van der Waals surface area contributed by atoms with Crippen molar-refractivity contribution in [3.05, 3.63) is 52.2 Å². The number of likely N-dealkylation sites (tertiary alicyclic amines) is 2. The van der Waals surface area contributed by atoms with Gasteiger partial charge in [-0.05, 0) is 50.4 Å². The molecule has 0 aliphatic carbocycles.